The smallest absolute Gasteiger partial charge is 0.369 e. The number of amides is 1. The van der Waals surface area contributed by atoms with Gasteiger partial charge in [0, 0.05) is 54.2 Å². The molecular weight excluding hydrogens is 505 g/mol. The maximum atomic E-state index is 13.4. The van der Waals surface area contributed by atoms with E-state index in [4.69, 9.17) is 0 Å². The average molecular weight is 545 g/mol. The van der Waals surface area contributed by atoms with Crippen molar-refractivity contribution in [3.8, 4) is 0 Å². The van der Waals surface area contributed by atoms with Gasteiger partial charge in [0.1, 0.15) is 0 Å². The van der Waals surface area contributed by atoms with Crippen LogP contribution in [0.4, 0.5) is 18.9 Å². The lowest BCUT2D eigenvalue weighted by atomic mass is 9.89. The van der Waals surface area contributed by atoms with Gasteiger partial charge in [-0.25, -0.2) is 0 Å². The summed E-state index contributed by atoms with van der Waals surface area (Å²) in [6.07, 6.45) is 4.81. The van der Waals surface area contributed by atoms with Crippen molar-refractivity contribution >= 4 is 11.6 Å². The standard InChI is InChI=1S/C30H39F3N4O2/c1-3-37(23-14-12-22(13-15-23)34-17-16-30(31,32)33)27-11-7-10-25-24(27)9-6-4-5-8-21-18-20(2)36-29(39)26(21)19-35-28(25)38/h4,6-7,10-11,18,22-23,34H,3,5,8-9,12-17,19H2,1-2H3,(H,35,38)(H,36,39)/b6-4+. The lowest BCUT2D eigenvalue weighted by Crippen LogP contribution is -2.43. The summed E-state index contributed by atoms with van der Waals surface area (Å²) in [4.78, 5) is 31.3. The second-order valence-corrected chi connectivity index (χ2v) is 10.6. The van der Waals surface area contributed by atoms with E-state index in [1.54, 1.807) is 0 Å². The Kier molecular flexibility index (Phi) is 9.53. The number of halogens is 3. The largest absolute Gasteiger partial charge is 0.390 e. The molecule has 0 saturated heterocycles. The van der Waals surface area contributed by atoms with Crippen molar-refractivity contribution < 1.29 is 18.0 Å². The monoisotopic (exact) mass is 544 g/mol. The van der Waals surface area contributed by atoms with E-state index in [1.165, 1.54) is 0 Å². The van der Waals surface area contributed by atoms with Crippen LogP contribution in [0.25, 0.3) is 0 Å². The number of hydrogen-bond acceptors (Lipinski definition) is 4. The number of alkyl halides is 3. The van der Waals surface area contributed by atoms with Crippen molar-refractivity contribution in [2.45, 2.75) is 90.0 Å². The number of hydrogen-bond donors (Lipinski definition) is 3. The van der Waals surface area contributed by atoms with E-state index in [-0.39, 0.29) is 36.6 Å². The lowest BCUT2D eigenvalue weighted by Gasteiger charge is -2.39. The Bertz CT molecular complexity index is 1230. The molecule has 2 aliphatic rings. The molecule has 0 radical (unpaired) electrons. The Hall–Kier alpha value is -3.07. The number of aromatic amines is 1. The first-order chi connectivity index (χ1) is 18.7. The summed E-state index contributed by atoms with van der Waals surface area (Å²) >= 11 is 0. The van der Waals surface area contributed by atoms with Crippen LogP contribution in [0, 0.1) is 6.92 Å². The first kappa shape index (κ1) is 28.9. The number of carbonyl (C=O) groups is 1. The fourth-order valence-corrected chi connectivity index (χ4v) is 5.93. The van der Waals surface area contributed by atoms with Crippen LogP contribution in [0.3, 0.4) is 0 Å². The van der Waals surface area contributed by atoms with Crippen LogP contribution in [0.5, 0.6) is 0 Å². The highest BCUT2D eigenvalue weighted by molar-refractivity contribution is 5.97. The highest BCUT2D eigenvalue weighted by Gasteiger charge is 2.30. The minimum Gasteiger partial charge on any atom is -0.369 e. The van der Waals surface area contributed by atoms with Gasteiger partial charge in [0.05, 0.1) is 6.42 Å². The predicted molar refractivity (Wildman–Crippen MR) is 148 cm³/mol. The second-order valence-electron chi connectivity index (χ2n) is 10.6. The summed E-state index contributed by atoms with van der Waals surface area (Å²) in [7, 11) is 0. The Balaban J connectivity index is 1.52. The molecule has 39 heavy (non-hydrogen) atoms. The highest BCUT2D eigenvalue weighted by Crippen LogP contribution is 2.32. The van der Waals surface area contributed by atoms with Gasteiger partial charge in [0.15, 0.2) is 0 Å². The molecule has 9 heteroatoms. The molecule has 1 amide bonds. The predicted octanol–water partition coefficient (Wildman–Crippen LogP) is 5.34. The summed E-state index contributed by atoms with van der Waals surface area (Å²) in [5, 5.41) is 6.06. The molecule has 6 nitrogen and oxygen atoms in total. The number of rotatable bonds is 6. The number of aromatic nitrogens is 1. The first-order valence-corrected chi connectivity index (χ1v) is 14.0. The van der Waals surface area contributed by atoms with Gasteiger partial charge in [-0.3, -0.25) is 9.59 Å². The average Bonchev–Trinajstić information content (AvgIpc) is 2.88. The molecule has 1 saturated carbocycles. The molecular formula is C30H39F3N4O2. The number of H-pyrrole nitrogens is 1. The summed E-state index contributed by atoms with van der Waals surface area (Å²) in [5.74, 6) is -0.208. The van der Waals surface area contributed by atoms with Gasteiger partial charge in [-0.1, -0.05) is 18.2 Å². The first-order valence-electron chi connectivity index (χ1n) is 14.0. The SMILES string of the molecule is CCN(c1cccc2c1C/C=C/CCc1cc(C)[nH]c(=O)c1CNC2=O)C1CCC(NCCC(F)(F)F)CC1. The number of anilines is 1. The molecule has 2 heterocycles. The number of benzene rings is 1. The summed E-state index contributed by atoms with van der Waals surface area (Å²) < 4.78 is 37.6. The minimum atomic E-state index is -4.14. The molecule has 2 aromatic rings. The molecule has 1 aliphatic carbocycles. The van der Waals surface area contributed by atoms with Gasteiger partial charge >= 0.3 is 6.18 Å². The van der Waals surface area contributed by atoms with Crippen molar-refractivity contribution in [3.63, 3.8) is 0 Å². The minimum absolute atomic E-state index is 0.0418. The van der Waals surface area contributed by atoms with E-state index in [2.05, 4.69) is 45.7 Å². The summed E-state index contributed by atoms with van der Waals surface area (Å²) in [6.45, 7) is 4.85. The topological polar surface area (TPSA) is 77.2 Å². The Morgan fingerprint density at radius 2 is 1.85 bits per heavy atom. The zero-order valence-corrected chi connectivity index (χ0v) is 22.8. The zero-order valence-electron chi connectivity index (χ0n) is 22.8. The van der Waals surface area contributed by atoms with Crippen LogP contribution < -0.4 is 21.1 Å². The number of aryl methyl sites for hydroxylation is 2. The fraction of sp³-hybridized carbons (Fsp3) is 0.533. The van der Waals surface area contributed by atoms with Crippen molar-refractivity contribution in [2.24, 2.45) is 0 Å². The quantitative estimate of drug-likeness (QED) is 0.430. The van der Waals surface area contributed by atoms with Crippen LogP contribution in [0.15, 0.2) is 41.2 Å². The van der Waals surface area contributed by atoms with Crippen molar-refractivity contribution in [1.29, 1.82) is 0 Å². The van der Waals surface area contributed by atoms with Gasteiger partial charge in [0.2, 0.25) is 0 Å². The van der Waals surface area contributed by atoms with E-state index in [0.717, 1.165) is 67.6 Å². The normalized spacial score (nSPS) is 21.1. The maximum absolute atomic E-state index is 13.4. The molecule has 1 aliphatic heterocycles. The summed E-state index contributed by atoms with van der Waals surface area (Å²) in [6, 6.07) is 8.13. The van der Waals surface area contributed by atoms with Crippen LogP contribution in [-0.2, 0) is 19.4 Å². The molecule has 1 fully saturated rings. The highest BCUT2D eigenvalue weighted by atomic mass is 19.4. The van der Waals surface area contributed by atoms with Crippen LogP contribution >= 0.6 is 0 Å². The van der Waals surface area contributed by atoms with Crippen LogP contribution in [-0.4, -0.2) is 42.2 Å². The van der Waals surface area contributed by atoms with Crippen LogP contribution in [0.2, 0.25) is 0 Å². The lowest BCUT2D eigenvalue weighted by molar-refractivity contribution is -0.133. The maximum Gasteiger partial charge on any atom is 0.390 e. The fourth-order valence-electron chi connectivity index (χ4n) is 5.93. The zero-order chi connectivity index (χ0) is 28.0. The molecule has 0 bridgehead atoms. The molecule has 1 aromatic carbocycles. The van der Waals surface area contributed by atoms with E-state index >= 15 is 0 Å². The molecule has 212 valence electrons. The Morgan fingerprint density at radius 3 is 2.56 bits per heavy atom. The van der Waals surface area contributed by atoms with E-state index in [9.17, 15) is 22.8 Å². The van der Waals surface area contributed by atoms with Gasteiger partial charge in [-0.15, -0.1) is 0 Å². The van der Waals surface area contributed by atoms with Gasteiger partial charge < -0.3 is 20.5 Å². The molecule has 1 aromatic heterocycles. The number of nitrogens with zero attached hydrogens (tertiary/aromatic N) is 1. The molecule has 0 spiro atoms. The third kappa shape index (κ3) is 7.53. The second kappa shape index (κ2) is 12.9. The molecule has 0 unspecified atom stereocenters. The molecule has 3 N–H and O–H groups in total. The van der Waals surface area contributed by atoms with E-state index in [1.807, 2.05) is 25.1 Å². The number of pyridine rings is 1. The van der Waals surface area contributed by atoms with Crippen molar-refractivity contribution in [2.75, 3.05) is 18.0 Å². The van der Waals surface area contributed by atoms with Gasteiger partial charge in [-0.05, 0) is 88.1 Å². The van der Waals surface area contributed by atoms with Crippen molar-refractivity contribution in [1.82, 2.24) is 15.6 Å². The van der Waals surface area contributed by atoms with E-state index < -0.39 is 12.6 Å². The van der Waals surface area contributed by atoms with E-state index in [0.29, 0.717) is 17.5 Å². The number of nitrogens with one attached hydrogen (secondary N) is 3. The third-order valence-electron chi connectivity index (χ3n) is 7.88. The Labute approximate surface area is 228 Å². The summed E-state index contributed by atoms with van der Waals surface area (Å²) in [5.41, 5.74) is 4.77. The molecule has 0 atom stereocenters. The van der Waals surface area contributed by atoms with Gasteiger partial charge in [-0.2, -0.15) is 13.2 Å². The third-order valence-corrected chi connectivity index (χ3v) is 7.88. The number of carbonyl (C=O) groups excluding carboxylic acids is 1. The van der Waals surface area contributed by atoms with Crippen molar-refractivity contribution in [3.05, 3.63) is 74.7 Å². The Morgan fingerprint density at radius 1 is 1.08 bits per heavy atom. The number of allylic oxidation sites excluding steroid dienone is 2. The van der Waals surface area contributed by atoms with Gasteiger partial charge in [0.25, 0.3) is 11.5 Å². The van der Waals surface area contributed by atoms with Crippen LogP contribution in [0.1, 0.15) is 78.2 Å². The molecule has 4 rings (SSSR count). The number of fused-ring (bicyclic) bond motifs is 2.